The van der Waals surface area contributed by atoms with Gasteiger partial charge in [0.25, 0.3) is 0 Å². The summed E-state index contributed by atoms with van der Waals surface area (Å²) in [5.41, 5.74) is 13.7. The summed E-state index contributed by atoms with van der Waals surface area (Å²) >= 11 is 0. The Morgan fingerprint density at radius 3 is 1.39 bits per heavy atom. The lowest BCUT2D eigenvalue weighted by Crippen LogP contribution is -2.28. The average molecular weight is 574 g/mol. The topological polar surface area (TPSA) is 175 Å². The summed E-state index contributed by atoms with van der Waals surface area (Å²) in [6.07, 6.45) is 6.28. The molecule has 38 heavy (non-hydrogen) atoms. The van der Waals surface area contributed by atoms with Crippen molar-refractivity contribution in [3.05, 3.63) is 58.7 Å². The molecule has 0 saturated carbocycles. The van der Waals surface area contributed by atoms with E-state index in [4.69, 9.17) is 11.5 Å². The second-order valence-corrected chi connectivity index (χ2v) is 8.78. The maximum Gasteiger partial charge on any atom is 0.312 e. The number of phenolic OH excluding ortho intramolecular Hbond substituents is 2. The van der Waals surface area contributed by atoms with Crippen molar-refractivity contribution < 1.29 is 19.8 Å². The highest BCUT2D eigenvalue weighted by Gasteiger charge is 2.05. The first-order chi connectivity index (χ1) is 17.3. The molecule has 4 amide bonds. The Bertz CT molecular complexity index is 903. The molecular weight excluding hydrogens is 531 g/mol. The van der Waals surface area contributed by atoms with Gasteiger partial charge in [-0.15, -0.1) is 24.8 Å². The van der Waals surface area contributed by atoms with E-state index in [0.29, 0.717) is 11.1 Å². The molecule has 0 spiro atoms. The van der Waals surface area contributed by atoms with Gasteiger partial charge in [0.1, 0.15) is 11.5 Å². The maximum absolute atomic E-state index is 10.9. The summed E-state index contributed by atoms with van der Waals surface area (Å²) in [5, 5.41) is 31.7. The van der Waals surface area contributed by atoms with E-state index in [1.807, 2.05) is 24.3 Å². The molecule has 0 saturated heterocycles. The van der Waals surface area contributed by atoms with Gasteiger partial charge < -0.3 is 42.9 Å². The zero-order valence-electron chi connectivity index (χ0n) is 21.6. The van der Waals surface area contributed by atoms with Crippen molar-refractivity contribution in [1.82, 2.24) is 21.3 Å². The number of halogens is 2. The monoisotopic (exact) mass is 572 g/mol. The lowest BCUT2D eigenvalue weighted by Gasteiger charge is -2.10. The minimum absolute atomic E-state index is 0. The van der Waals surface area contributed by atoms with Crippen LogP contribution in [0.3, 0.4) is 0 Å². The van der Waals surface area contributed by atoms with E-state index in [1.165, 1.54) is 12.8 Å². The van der Waals surface area contributed by atoms with Gasteiger partial charge in [0, 0.05) is 24.2 Å². The number of unbranched alkanes of at least 4 members (excludes halogenated alkanes) is 3. The van der Waals surface area contributed by atoms with Gasteiger partial charge in [-0.1, -0.05) is 37.1 Å². The van der Waals surface area contributed by atoms with Gasteiger partial charge in [0.05, 0.1) is 0 Å². The quantitative estimate of drug-likeness (QED) is 0.135. The molecule has 0 heterocycles. The van der Waals surface area contributed by atoms with Crippen LogP contribution in [-0.4, -0.2) is 48.5 Å². The number of hydrogen-bond acceptors (Lipinski definition) is 6. The highest BCUT2D eigenvalue weighted by molar-refractivity contribution is 5.85. The Morgan fingerprint density at radius 1 is 0.632 bits per heavy atom. The van der Waals surface area contributed by atoms with Gasteiger partial charge in [-0.05, 0) is 75.1 Å². The fraction of sp³-hybridized carbons (Fsp3) is 0.462. The number of phenols is 2. The van der Waals surface area contributed by atoms with Crippen LogP contribution in [0.15, 0.2) is 36.4 Å². The minimum Gasteiger partial charge on any atom is -0.508 e. The molecule has 0 bridgehead atoms. The summed E-state index contributed by atoms with van der Waals surface area (Å²) in [7, 11) is 0. The number of amides is 4. The van der Waals surface area contributed by atoms with E-state index in [0.717, 1.165) is 63.0 Å². The Labute approximate surface area is 237 Å². The number of nitrogens with two attached hydrogens (primary N) is 2. The van der Waals surface area contributed by atoms with Gasteiger partial charge in [-0.25, -0.2) is 9.59 Å². The summed E-state index contributed by atoms with van der Waals surface area (Å²) < 4.78 is 0. The normalized spacial score (nSPS) is 10.2. The molecule has 0 fully saturated rings. The van der Waals surface area contributed by atoms with Gasteiger partial charge in [0.2, 0.25) is 0 Å². The van der Waals surface area contributed by atoms with Crippen LogP contribution >= 0.6 is 24.8 Å². The Hall–Kier alpha value is -2.92. The van der Waals surface area contributed by atoms with Crippen LogP contribution in [0.4, 0.5) is 9.59 Å². The fourth-order valence-electron chi connectivity index (χ4n) is 3.81. The molecule has 12 heteroatoms. The van der Waals surface area contributed by atoms with Crippen LogP contribution in [0.1, 0.15) is 47.9 Å². The molecule has 2 rings (SSSR count). The average Bonchev–Trinajstić information content (AvgIpc) is 2.84. The van der Waals surface area contributed by atoms with E-state index >= 15 is 0 Å². The van der Waals surface area contributed by atoms with Gasteiger partial charge >= 0.3 is 12.1 Å². The van der Waals surface area contributed by atoms with Crippen LogP contribution < -0.4 is 32.7 Å². The first-order valence-corrected chi connectivity index (χ1v) is 12.4. The first kappa shape index (κ1) is 35.1. The second kappa shape index (κ2) is 20.1. The number of urea groups is 2. The van der Waals surface area contributed by atoms with Crippen molar-refractivity contribution in [1.29, 1.82) is 0 Å². The maximum atomic E-state index is 10.9. The molecular formula is C26H42Cl2N6O4. The van der Waals surface area contributed by atoms with Crippen molar-refractivity contribution in [3.63, 3.8) is 0 Å². The van der Waals surface area contributed by atoms with E-state index in [9.17, 15) is 19.8 Å². The first-order valence-electron chi connectivity index (χ1n) is 12.4. The standard InChI is InChI=1S/C26H40N6O4.2ClH/c27-25(35)31-17-21-15-19(5-7-23(21)33)9-13-29-11-3-1-2-4-12-30-14-10-20-6-8-24(34)22(16-20)18-32-26(28)36;;/h5-8,15-16,29-30,33-34H,1-4,9-14,17-18H2,(H3,27,31,35)(H3,28,32,36);2*1H. The molecule has 2 aromatic rings. The number of carbonyl (C=O) groups is 2. The van der Waals surface area contributed by atoms with Gasteiger partial charge in [-0.3, -0.25) is 0 Å². The predicted octanol–water partition coefficient (Wildman–Crippen LogP) is 2.80. The van der Waals surface area contributed by atoms with Crippen LogP contribution in [0.2, 0.25) is 0 Å². The van der Waals surface area contributed by atoms with Crippen LogP contribution in [-0.2, 0) is 25.9 Å². The summed E-state index contributed by atoms with van der Waals surface area (Å²) in [4.78, 5) is 21.7. The number of aromatic hydroxyl groups is 2. The summed E-state index contributed by atoms with van der Waals surface area (Å²) in [6.45, 7) is 4.07. The van der Waals surface area contributed by atoms with Crippen molar-refractivity contribution in [2.45, 2.75) is 51.6 Å². The molecule has 214 valence electrons. The number of benzene rings is 2. The molecule has 10 N–H and O–H groups in total. The zero-order chi connectivity index (χ0) is 26.2. The minimum atomic E-state index is -0.613. The van der Waals surface area contributed by atoms with Crippen molar-refractivity contribution in [2.24, 2.45) is 11.5 Å². The van der Waals surface area contributed by atoms with E-state index in [-0.39, 0.29) is 49.4 Å². The Morgan fingerprint density at radius 2 is 1.03 bits per heavy atom. The number of hydrogen-bond donors (Lipinski definition) is 8. The lowest BCUT2D eigenvalue weighted by atomic mass is 10.1. The third-order valence-corrected chi connectivity index (χ3v) is 5.83. The largest absolute Gasteiger partial charge is 0.508 e. The smallest absolute Gasteiger partial charge is 0.312 e. The molecule has 0 unspecified atom stereocenters. The third-order valence-electron chi connectivity index (χ3n) is 5.83. The van der Waals surface area contributed by atoms with Crippen molar-refractivity contribution in [2.75, 3.05) is 26.2 Å². The molecule has 0 aliphatic rings. The molecule has 0 aliphatic heterocycles. The highest BCUT2D eigenvalue weighted by Crippen LogP contribution is 2.19. The van der Waals surface area contributed by atoms with Crippen LogP contribution in [0, 0.1) is 0 Å². The molecule has 0 atom stereocenters. The SMILES string of the molecule is Cl.Cl.NC(=O)NCc1cc(CCNCCCCCCNCCc2ccc(O)c(CNC(N)=O)c2)ccc1O. The van der Waals surface area contributed by atoms with E-state index < -0.39 is 12.1 Å². The number of nitrogens with one attached hydrogen (secondary N) is 4. The Kier molecular flexibility index (Phi) is 18.6. The number of rotatable bonds is 17. The zero-order valence-corrected chi connectivity index (χ0v) is 23.3. The number of primary amides is 2. The molecule has 0 aliphatic carbocycles. The molecule has 10 nitrogen and oxygen atoms in total. The molecule has 0 aromatic heterocycles. The fourth-order valence-corrected chi connectivity index (χ4v) is 3.81. The second-order valence-electron chi connectivity index (χ2n) is 8.78. The summed E-state index contributed by atoms with van der Waals surface area (Å²) in [5.74, 6) is 0.304. The van der Waals surface area contributed by atoms with E-state index in [2.05, 4.69) is 21.3 Å². The summed E-state index contributed by atoms with van der Waals surface area (Å²) in [6, 6.07) is 9.62. The third kappa shape index (κ3) is 14.7. The van der Waals surface area contributed by atoms with Gasteiger partial charge in [-0.2, -0.15) is 0 Å². The van der Waals surface area contributed by atoms with Crippen molar-refractivity contribution >= 4 is 36.9 Å². The van der Waals surface area contributed by atoms with E-state index in [1.54, 1.807) is 12.1 Å². The van der Waals surface area contributed by atoms with Gasteiger partial charge in [0.15, 0.2) is 0 Å². The van der Waals surface area contributed by atoms with Crippen LogP contribution in [0.25, 0.3) is 0 Å². The van der Waals surface area contributed by atoms with Crippen LogP contribution in [0.5, 0.6) is 11.5 Å². The highest BCUT2D eigenvalue weighted by atomic mass is 35.5. The van der Waals surface area contributed by atoms with Crippen molar-refractivity contribution in [3.8, 4) is 11.5 Å². The Balaban J connectivity index is 0.00000684. The molecule has 0 radical (unpaired) electrons. The molecule has 2 aromatic carbocycles. The lowest BCUT2D eigenvalue weighted by molar-refractivity contribution is 0.247. The number of carbonyl (C=O) groups excluding carboxylic acids is 2. The predicted molar refractivity (Wildman–Crippen MR) is 155 cm³/mol.